The molecule has 1 fully saturated rings. The number of carbonyl (C=O) groups is 2. The van der Waals surface area contributed by atoms with Crippen molar-refractivity contribution < 1.29 is 14.3 Å². The Morgan fingerprint density at radius 2 is 1.93 bits per heavy atom. The molecule has 2 aromatic rings. The van der Waals surface area contributed by atoms with E-state index in [1.807, 2.05) is 67.3 Å². The molecule has 0 saturated carbocycles. The highest BCUT2D eigenvalue weighted by atomic mass is 35.5. The maximum absolute atomic E-state index is 12.5. The van der Waals surface area contributed by atoms with Gasteiger partial charge in [0.1, 0.15) is 12.0 Å². The number of halogens is 1. The third kappa shape index (κ3) is 5.00. The predicted octanol–water partition coefficient (Wildman–Crippen LogP) is 5.25. The number of rotatable bonds is 6. The topological polar surface area (TPSA) is 58.6 Å². The molecule has 2 aromatic carbocycles. The lowest BCUT2D eigenvalue weighted by molar-refractivity contribution is -0.131. The van der Waals surface area contributed by atoms with E-state index in [0.29, 0.717) is 22.9 Å². The molecule has 0 radical (unpaired) electrons. The summed E-state index contributed by atoms with van der Waals surface area (Å²) in [5.74, 6) is 0.471. The van der Waals surface area contributed by atoms with Gasteiger partial charge in [-0.3, -0.25) is 10.1 Å². The Hall–Kier alpha value is -2.18. The van der Waals surface area contributed by atoms with E-state index in [4.69, 9.17) is 16.3 Å². The first-order chi connectivity index (χ1) is 13.5. The minimum Gasteiger partial charge on any atom is -0.447 e. The summed E-state index contributed by atoms with van der Waals surface area (Å²) in [6.45, 7) is 4.11. The van der Waals surface area contributed by atoms with Gasteiger partial charge in [0.25, 0.3) is 0 Å². The predicted molar refractivity (Wildman–Crippen MR) is 114 cm³/mol. The summed E-state index contributed by atoms with van der Waals surface area (Å²) in [6.07, 6.45) is 0.165. The quantitative estimate of drug-likeness (QED) is 0.696. The van der Waals surface area contributed by atoms with Gasteiger partial charge in [-0.25, -0.2) is 4.79 Å². The van der Waals surface area contributed by atoms with Crippen LogP contribution in [0.5, 0.6) is 0 Å². The summed E-state index contributed by atoms with van der Waals surface area (Å²) >= 11 is 7.56. The molecular formula is C21H23ClN2O3S. The van der Waals surface area contributed by atoms with E-state index < -0.39 is 6.09 Å². The molecular weight excluding hydrogens is 396 g/mol. The molecule has 1 aliphatic rings. The molecule has 0 aromatic heterocycles. The number of ether oxygens (including phenoxy) is 1. The molecule has 1 N–H and O–H groups in total. The smallest absolute Gasteiger partial charge is 0.411 e. The standard InChI is InChI=1S/C21H23ClN2O3S/c1-3-18(12-27-21(26)23-17-10-4-14(2)5-11-17)24-19(25)13-28-20(24)15-6-8-16(22)9-7-15/h4-11,18,20H,3,12-13H2,1-2H3,(H,23,26)/t18-,20-/m1/s1. The number of nitrogens with zero attached hydrogens (tertiary/aromatic N) is 1. The monoisotopic (exact) mass is 418 g/mol. The third-order valence-corrected chi connectivity index (χ3v) is 6.11. The van der Waals surface area contributed by atoms with E-state index in [1.54, 1.807) is 11.8 Å². The first-order valence-electron chi connectivity index (χ1n) is 9.16. The number of anilines is 1. The highest BCUT2D eigenvalue weighted by Crippen LogP contribution is 2.40. The zero-order chi connectivity index (χ0) is 20.1. The summed E-state index contributed by atoms with van der Waals surface area (Å²) in [6, 6.07) is 14.8. The molecule has 5 nitrogen and oxygen atoms in total. The molecule has 1 saturated heterocycles. The number of hydrogen-bond acceptors (Lipinski definition) is 4. The van der Waals surface area contributed by atoms with Crippen LogP contribution in [0.1, 0.15) is 29.8 Å². The molecule has 1 aliphatic heterocycles. The van der Waals surface area contributed by atoms with Crippen LogP contribution in [-0.2, 0) is 9.53 Å². The van der Waals surface area contributed by atoms with E-state index >= 15 is 0 Å². The van der Waals surface area contributed by atoms with Crippen molar-refractivity contribution in [3.63, 3.8) is 0 Å². The number of carbonyl (C=O) groups excluding carboxylic acids is 2. The van der Waals surface area contributed by atoms with Gasteiger partial charge in [-0.1, -0.05) is 48.4 Å². The fourth-order valence-corrected chi connectivity index (χ4v) is 4.45. The van der Waals surface area contributed by atoms with Crippen LogP contribution >= 0.6 is 23.4 Å². The normalized spacial score (nSPS) is 17.5. The van der Waals surface area contributed by atoms with Crippen molar-refractivity contribution in [2.75, 3.05) is 17.7 Å². The maximum atomic E-state index is 12.5. The molecule has 0 bridgehead atoms. The summed E-state index contributed by atoms with van der Waals surface area (Å²) < 4.78 is 5.42. The number of thioether (sulfide) groups is 1. The van der Waals surface area contributed by atoms with Crippen LogP contribution < -0.4 is 5.32 Å². The van der Waals surface area contributed by atoms with Gasteiger partial charge in [0, 0.05) is 10.7 Å². The van der Waals surface area contributed by atoms with Crippen molar-refractivity contribution >= 4 is 41.1 Å². The van der Waals surface area contributed by atoms with Crippen LogP contribution in [0.25, 0.3) is 0 Å². The van der Waals surface area contributed by atoms with E-state index in [9.17, 15) is 9.59 Å². The van der Waals surface area contributed by atoms with Gasteiger partial charge in [-0.15, -0.1) is 11.8 Å². The minimum absolute atomic E-state index is 0.0549. The van der Waals surface area contributed by atoms with Gasteiger partial charge >= 0.3 is 6.09 Å². The van der Waals surface area contributed by atoms with Crippen LogP contribution in [0.15, 0.2) is 48.5 Å². The number of benzene rings is 2. The fraction of sp³-hybridized carbons (Fsp3) is 0.333. The van der Waals surface area contributed by atoms with Gasteiger partial charge in [-0.2, -0.15) is 0 Å². The molecule has 2 atom stereocenters. The first-order valence-corrected chi connectivity index (χ1v) is 10.6. The number of aryl methyl sites for hydroxylation is 1. The van der Waals surface area contributed by atoms with Gasteiger partial charge in [-0.05, 0) is 43.2 Å². The molecule has 3 rings (SSSR count). The summed E-state index contributed by atoms with van der Waals surface area (Å²) in [5.41, 5.74) is 2.81. The summed E-state index contributed by atoms with van der Waals surface area (Å²) in [4.78, 5) is 26.5. The van der Waals surface area contributed by atoms with E-state index in [0.717, 1.165) is 11.1 Å². The van der Waals surface area contributed by atoms with Gasteiger partial charge in [0.15, 0.2) is 0 Å². The Morgan fingerprint density at radius 3 is 2.57 bits per heavy atom. The van der Waals surface area contributed by atoms with Crippen molar-refractivity contribution in [2.24, 2.45) is 0 Å². The molecule has 28 heavy (non-hydrogen) atoms. The fourth-order valence-electron chi connectivity index (χ4n) is 3.07. The van der Waals surface area contributed by atoms with Crippen molar-refractivity contribution in [1.29, 1.82) is 0 Å². The maximum Gasteiger partial charge on any atom is 0.411 e. The highest BCUT2D eigenvalue weighted by molar-refractivity contribution is 8.00. The van der Waals surface area contributed by atoms with Crippen LogP contribution in [-0.4, -0.2) is 35.3 Å². The third-order valence-electron chi connectivity index (χ3n) is 4.63. The lowest BCUT2D eigenvalue weighted by Crippen LogP contribution is -2.41. The summed E-state index contributed by atoms with van der Waals surface area (Å²) in [5, 5.41) is 3.28. The second-order valence-corrected chi connectivity index (χ2v) is 8.17. The van der Waals surface area contributed by atoms with Crippen molar-refractivity contribution in [3.8, 4) is 0 Å². The first kappa shape index (κ1) is 20.6. The van der Waals surface area contributed by atoms with Gasteiger partial charge in [0.2, 0.25) is 5.91 Å². The number of amides is 2. The van der Waals surface area contributed by atoms with Crippen LogP contribution in [0.3, 0.4) is 0 Å². The number of hydrogen-bond donors (Lipinski definition) is 1. The van der Waals surface area contributed by atoms with E-state index in [1.165, 1.54) is 0 Å². The van der Waals surface area contributed by atoms with Crippen LogP contribution in [0.2, 0.25) is 5.02 Å². The van der Waals surface area contributed by atoms with Crippen molar-refractivity contribution in [1.82, 2.24) is 4.90 Å². The van der Waals surface area contributed by atoms with E-state index in [2.05, 4.69) is 5.32 Å². The average Bonchev–Trinajstić information content (AvgIpc) is 3.06. The molecule has 0 unspecified atom stereocenters. The molecule has 0 spiro atoms. The van der Waals surface area contributed by atoms with Gasteiger partial charge < -0.3 is 9.64 Å². The lowest BCUT2D eigenvalue weighted by Gasteiger charge is -2.32. The molecule has 7 heteroatoms. The zero-order valence-corrected chi connectivity index (χ0v) is 17.4. The van der Waals surface area contributed by atoms with Crippen molar-refractivity contribution in [2.45, 2.75) is 31.7 Å². The minimum atomic E-state index is -0.523. The van der Waals surface area contributed by atoms with Crippen molar-refractivity contribution in [3.05, 3.63) is 64.7 Å². The lowest BCUT2D eigenvalue weighted by atomic mass is 10.1. The second kappa shape index (κ2) is 9.34. The SMILES string of the molecule is CC[C@H](COC(=O)Nc1ccc(C)cc1)N1C(=O)CS[C@@H]1c1ccc(Cl)cc1. The second-order valence-electron chi connectivity index (χ2n) is 6.67. The van der Waals surface area contributed by atoms with Crippen LogP contribution in [0, 0.1) is 6.92 Å². The Balaban J connectivity index is 1.63. The molecule has 1 heterocycles. The summed E-state index contributed by atoms with van der Waals surface area (Å²) in [7, 11) is 0. The Morgan fingerprint density at radius 1 is 1.25 bits per heavy atom. The van der Waals surface area contributed by atoms with Gasteiger partial charge in [0.05, 0.1) is 11.8 Å². The molecule has 0 aliphatic carbocycles. The molecule has 2 amide bonds. The Kier molecular flexibility index (Phi) is 6.86. The molecule has 148 valence electrons. The number of nitrogens with one attached hydrogen (secondary N) is 1. The van der Waals surface area contributed by atoms with E-state index in [-0.39, 0.29) is 23.9 Å². The Bertz CT molecular complexity index is 827. The highest BCUT2D eigenvalue weighted by Gasteiger charge is 2.37. The zero-order valence-electron chi connectivity index (χ0n) is 15.9. The average molecular weight is 419 g/mol. The Labute approximate surface area is 174 Å². The largest absolute Gasteiger partial charge is 0.447 e. The van der Waals surface area contributed by atoms with Crippen LogP contribution in [0.4, 0.5) is 10.5 Å².